The number of anilines is 1. The number of rotatable bonds is 6. The number of carbonyl (C=O) groups excluding carboxylic acids is 1. The fourth-order valence-corrected chi connectivity index (χ4v) is 3.64. The predicted octanol–water partition coefficient (Wildman–Crippen LogP) is 3.07. The van der Waals surface area contributed by atoms with Crippen LogP contribution in [0.15, 0.2) is 28.7 Å². The first kappa shape index (κ1) is 21.2. The molecule has 1 aliphatic heterocycles. The molecule has 1 aromatic heterocycles. The van der Waals surface area contributed by atoms with E-state index in [1.165, 1.54) is 0 Å². The van der Waals surface area contributed by atoms with Gasteiger partial charge in [0.1, 0.15) is 6.07 Å². The first-order valence-corrected chi connectivity index (χ1v) is 10.1. The van der Waals surface area contributed by atoms with Gasteiger partial charge in [-0.1, -0.05) is 23.7 Å². The molecule has 1 amide bonds. The van der Waals surface area contributed by atoms with Crippen molar-refractivity contribution in [2.75, 3.05) is 37.6 Å². The van der Waals surface area contributed by atoms with Gasteiger partial charge in [0, 0.05) is 50.7 Å². The minimum atomic E-state index is 0.106. The number of oxazole rings is 1. The molecule has 0 bridgehead atoms. The topological polar surface area (TPSA) is 76.6 Å². The molecule has 7 nitrogen and oxygen atoms in total. The van der Waals surface area contributed by atoms with Crippen LogP contribution in [0.25, 0.3) is 0 Å². The average Bonchev–Trinajstić information content (AvgIpc) is 3.08. The first-order chi connectivity index (χ1) is 13.9. The van der Waals surface area contributed by atoms with Crippen LogP contribution < -0.4 is 4.90 Å². The van der Waals surface area contributed by atoms with E-state index in [0.29, 0.717) is 61.8 Å². The summed E-state index contributed by atoms with van der Waals surface area (Å²) in [4.78, 5) is 23.0. The van der Waals surface area contributed by atoms with Crippen LogP contribution in [0, 0.1) is 18.3 Å². The highest BCUT2D eigenvalue weighted by Gasteiger charge is 2.27. The number of amides is 1. The summed E-state index contributed by atoms with van der Waals surface area (Å²) in [5.41, 5.74) is 1.39. The summed E-state index contributed by atoms with van der Waals surface area (Å²) in [5, 5.41) is 9.92. The molecule has 0 spiro atoms. The third-order valence-corrected chi connectivity index (χ3v) is 5.32. The van der Waals surface area contributed by atoms with Crippen LogP contribution in [0.3, 0.4) is 0 Å². The van der Waals surface area contributed by atoms with Crippen LogP contribution in [-0.2, 0) is 11.3 Å². The number of aryl methyl sites for hydroxylation is 1. The summed E-state index contributed by atoms with van der Waals surface area (Å²) >= 11 is 6.09. The molecule has 8 heteroatoms. The van der Waals surface area contributed by atoms with Crippen molar-refractivity contribution < 1.29 is 9.21 Å². The van der Waals surface area contributed by atoms with Gasteiger partial charge in [0.2, 0.25) is 17.5 Å². The van der Waals surface area contributed by atoms with Crippen molar-refractivity contribution in [1.29, 1.82) is 5.26 Å². The van der Waals surface area contributed by atoms with Gasteiger partial charge < -0.3 is 14.2 Å². The zero-order valence-electron chi connectivity index (χ0n) is 17.1. The van der Waals surface area contributed by atoms with E-state index in [-0.39, 0.29) is 11.9 Å². The van der Waals surface area contributed by atoms with Gasteiger partial charge in [0.05, 0.1) is 6.54 Å². The van der Waals surface area contributed by atoms with Gasteiger partial charge in [-0.05, 0) is 31.5 Å². The zero-order chi connectivity index (χ0) is 21.0. The average molecular weight is 416 g/mol. The maximum absolute atomic E-state index is 12.9. The Balaban J connectivity index is 1.58. The number of hydrogen-bond acceptors (Lipinski definition) is 6. The van der Waals surface area contributed by atoms with Crippen molar-refractivity contribution >= 4 is 23.4 Å². The Hall–Kier alpha value is -2.56. The molecule has 1 aromatic carbocycles. The monoisotopic (exact) mass is 415 g/mol. The van der Waals surface area contributed by atoms with Crippen LogP contribution in [-0.4, -0.2) is 59.5 Å². The summed E-state index contributed by atoms with van der Waals surface area (Å²) in [5.74, 6) is 1.08. The molecule has 0 saturated carbocycles. The summed E-state index contributed by atoms with van der Waals surface area (Å²) in [7, 11) is 0. The minimum absolute atomic E-state index is 0.106. The van der Waals surface area contributed by atoms with Crippen molar-refractivity contribution in [3.05, 3.63) is 46.4 Å². The Kier molecular flexibility index (Phi) is 6.78. The summed E-state index contributed by atoms with van der Waals surface area (Å²) in [6.45, 7) is 9.35. The number of aromatic nitrogens is 1. The number of benzene rings is 1. The van der Waals surface area contributed by atoms with Gasteiger partial charge in [-0.25, -0.2) is 4.98 Å². The Labute approximate surface area is 176 Å². The van der Waals surface area contributed by atoms with E-state index in [4.69, 9.17) is 16.0 Å². The lowest BCUT2D eigenvalue weighted by molar-refractivity contribution is -0.133. The fourth-order valence-electron chi connectivity index (χ4n) is 3.43. The van der Waals surface area contributed by atoms with Gasteiger partial charge in [0.25, 0.3) is 0 Å². The molecule has 1 saturated heterocycles. The fraction of sp³-hybridized carbons (Fsp3) is 0.476. The smallest absolute Gasteiger partial charge is 0.236 e. The molecule has 3 rings (SSSR count). The molecule has 154 valence electrons. The summed E-state index contributed by atoms with van der Waals surface area (Å²) in [6, 6.07) is 10.0. The number of halogens is 1. The van der Waals surface area contributed by atoms with Gasteiger partial charge >= 0.3 is 0 Å². The number of nitrogens with zero attached hydrogens (tertiary/aromatic N) is 5. The molecule has 0 atom stereocenters. The van der Waals surface area contributed by atoms with E-state index in [0.717, 1.165) is 5.56 Å². The lowest BCUT2D eigenvalue weighted by Gasteiger charge is -2.36. The van der Waals surface area contributed by atoms with E-state index in [9.17, 15) is 10.1 Å². The molecular formula is C21H26ClN5O2. The number of nitriles is 1. The van der Waals surface area contributed by atoms with Crippen molar-refractivity contribution in [3.8, 4) is 6.07 Å². The molecule has 0 aliphatic carbocycles. The molecule has 0 unspecified atom stereocenters. The highest BCUT2D eigenvalue weighted by atomic mass is 35.5. The third-order valence-electron chi connectivity index (χ3n) is 5.09. The molecule has 29 heavy (non-hydrogen) atoms. The second-order valence-corrected chi connectivity index (χ2v) is 7.93. The van der Waals surface area contributed by atoms with E-state index in [1.54, 1.807) is 6.92 Å². The van der Waals surface area contributed by atoms with E-state index >= 15 is 0 Å². The largest absolute Gasteiger partial charge is 0.424 e. The molecule has 2 aromatic rings. The SMILES string of the molecule is Cc1nc(C#N)c(N2CCN(C(=O)CN(Cc3cccc(Cl)c3)C(C)C)CC2)o1. The van der Waals surface area contributed by atoms with Crippen molar-refractivity contribution in [2.45, 2.75) is 33.4 Å². The highest BCUT2D eigenvalue weighted by molar-refractivity contribution is 6.30. The van der Waals surface area contributed by atoms with Gasteiger partial charge in [-0.2, -0.15) is 5.26 Å². The van der Waals surface area contributed by atoms with Crippen LogP contribution >= 0.6 is 11.6 Å². The van der Waals surface area contributed by atoms with Crippen molar-refractivity contribution in [2.24, 2.45) is 0 Å². The standard InChI is InChI=1S/C21H26ClN5O2/c1-15(2)27(13-17-5-4-6-18(22)11-17)14-20(28)25-7-9-26(10-8-25)21-19(12-23)24-16(3)29-21/h4-6,11,15H,7-10,13-14H2,1-3H3. The lowest BCUT2D eigenvalue weighted by Crippen LogP contribution is -2.52. The van der Waals surface area contributed by atoms with Crippen LogP contribution in [0.2, 0.25) is 5.02 Å². The number of carbonyl (C=O) groups is 1. The Morgan fingerprint density at radius 1 is 1.34 bits per heavy atom. The second kappa shape index (κ2) is 9.29. The minimum Gasteiger partial charge on any atom is -0.424 e. The lowest BCUT2D eigenvalue weighted by atomic mass is 10.2. The van der Waals surface area contributed by atoms with E-state index in [2.05, 4.69) is 29.8 Å². The Morgan fingerprint density at radius 3 is 2.69 bits per heavy atom. The Morgan fingerprint density at radius 2 is 2.07 bits per heavy atom. The van der Waals surface area contributed by atoms with Crippen LogP contribution in [0.1, 0.15) is 31.0 Å². The van der Waals surface area contributed by atoms with Gasteiger partial charge in [-0.3, -0.25) is 9.69 Å². The zero-order valence-corrected chi connectivity index (χ0v) is 17.8. The number of piperazine rings is 1. The normalized spacial score (nSPS) is 14.5. The third kappa shape index (κ3) is 5.28. The van der Waals surface area contributed by atoms with Crippen molar-refractivity contribution in [1.82, 2.24) is 14.8 Å². The predicted molar refractivity (Wildman–Crippen MR) is 112 cm³/mol. The quantitative estimate of drug-likeness (QED) is 0.721. The molecule has 0 N–H and O–H groups in total. The number of hydrogen-bond donors (Lipinski definition) is 0. The second-order valence-electron chi connectivity index (χ2n) is 7.49. The van der Waals surface area contributed by atoms with Crippen LogP contribution in [0.5, 0.6) is 0 Å². The molecule has 0 radical (unpaired) electrons. The molecule has 1 fully saturated rings. The Bertz CT molecular complexity index is 897. The molecule has 1 aliphatic rings. The van der Waals surface area contributed by atoms with E-state index < -0.39 is 0 Å². The maximum atomic E-state index is 12.9. The van der Waals surface area contributed by atoms with Crippen LogP contribution in [0.4, 0.5) is 5.88 Å². The summed E-state index contributed by atoms with van der Waals surface area (Å²) < 4.78 is 5.58. The van der Waals surface area contributed by atoms with Crippen molar-refractivity contribution in [3.63, 3.8) is 0 Å². The maximum Gasteiger partial charge on any atom is 0.236 e. The first-order valence-electron chi connectivity index (χ1n) is 9.76. The summed E-state index contributed by atoms with van der Waals surface area (Å²) in [6.07, 6.45) is 0. The molecular weight excluding hydrogens is 390 g/mol. The van der Waals surface area contributed by atoms with Gasteiger partial charge in [-0.15, -0.1) is 0 Å². The molecule has 2 heterocycles. The van der Waals surface area contributed by atoms with E-state index in [1.807, 2.05) is 34.1 Å². The van der Waals surface area contributed by atoms with Gasteiger partial charge in [0.15, 0.2) is 5.89 Å². The highest BCUT2D eigenvalue weighted by Crippen LogP contribution is 2.23.